The fourth-order valence-electron chi connectivity index (χ4n) is 3.76. The molecule has 0 spiro atoms. The summed E-state index contributed by atoms with van der Waals surface area (Å²) < 4.78 is 5.21. The number of ether oxygens (including phenoxy) is 1. The third kappa shape index (κ3) is 5.05. The number of anilines is 1. The average molecular weight is 472 g/mol. The predicted molar refractivity (Wildman–Crippen MR) is 138 cm³/mol. The minimum Gasteiger partial charge on any atom is -0.497 e. The number of carbonyl (C=O) groups excluding carboxylic acids is 2. The van der Waals surface area contributed by atoms with E-state index in [1.807, 2.05) is 86.6 Å². The van der Waals surface area contributed by atoms with Gasteiger partial charge in [-0.3, -0.25) is 14.5 Å². The monoisotopic (exact) mass is 471 g/mol. The summed E-state index contributed by atoms with van der Waals surface area (Å²) in [5.41, 5.74) is 10.3. The predicted octanol–water partition coefficient (Wildman–Crippen LogP) is 5.02. The quantitative estimate of drug-likeness (QED) is 0.512. The van der Waals surface area contributed by atoms with Gasteiger partial charge in [0.05, 0.1) is 12.8 Å². The van der Waals surface area contributed by atoms with E-state index in [1.54, 1.807) is 18.1 Å². The van der Waals surface area contributed by atoms with E-state index in [2.05, 4.69) is 4.99 Å². The Morgan fingerprint density at radius 1 is 1.03 bits per heavy atom. The zero-order valence-corrected chi connectivity index (χ0v) is 20.0. The summed E-state index contributed by atoms with van der Waals surface area (Å²) in [5, 5.41) is -0.288. The lowest BCUT2D eigenvalue weighted by atomic mass is 10.1. The van der Waals surface area contributed by atoms with Crippen LogP contribution in [0.5, 0.6) is 5.75 Å². The topological polar surface area (TPSA) is 85.0 Å². The fraction of sp³-hybridized carbons (Fsp3) is 0.148. The Labute approximate surface area is 203 Å². The van der Waals surface area contributed by atoms with Crippen LogP contribution in [0.15, 0.2) is 83.5 Å². The number of nitrogens with zero attached hydrogens (tertiary/aromatic N) is 2. The minimum atomic E-state index is -0.693. The summed E-state index contributed by atoms with van der Waals surface area (Å²) >= 11 is 1.17. The number of primary amides is 1. The van der Waals surface area contributed by atoms with Gasteiger partial charge in [0.25, 0.3) is 5.91 Å². The number of benzene rings is 3. The molecule has 6 nitrogen and oxygen atoms in total. The number of hydrogen-bond acceptors (Lipinski definition) is 5. The number of aryl methyl sites for hydroxylation is 2. The number of carbonyl (C=O) groups is 2. The molecule has 0 radical (unpaired) electrons. The molecule has 0 bridgehead atoms. The third-order valence-corrected chi connectivity index (χ3v) is 6.52. The standard InChI is InChI=1S/C27H25N3O3S/c1-17-13-18(2)15-21(14-17)30-26(32)23(16-19-9-11-22(33-3)12-10-19)29-27(30)34-24(25(28)31)20-7-5-4-6-8-20/h4-16,24H,1-3H3,(H2,28,31)/b23-16+. The Morgan fingerprint density at radius 3 is 2.26 bits per heavy atom. The van der Waals surface area contributed by atoms with Crippen LogP contribution in [-0.4, -0.2) is 24.1 Å². The lowest BCUT2D eigenvalue weighted by Crippen LogP contribution is -2.32. The third-order valence-electron chi connectivity index (χ3n) is 5.30. The van der Waals surface area contributed by atoms with E-state index in [9.17, 15) is 9.59 Å². The van der Waals surface area contributed by atoms with Crippen LogP contribution in [0.2, 0.25) is 0 Å². The van der Waals surface area contributed by atoms with Gasteiger partial charge < -0.3 is 10.5 Å². The maximum Gasteiger partial charge on any atom is 0.283 e. The lowest BCUT2D eigenvalue weighted by molar-refractivity contribution is -0.117. The maximum absolute atomic E-state index is 13.5. The molecule has 4 rings (SSSR count). The van der Waals surface area contributed by atoms with Crippen LogP contribution < -0.4 is 15.4 Å². The Hall–Kier alpha value is -3.84. The van der Waals surface area contributed by atoms with Crippen molar-refractivity contribution < 1.29 is 14.3 Å². The molecular formula is C27H25N3O3S. The van der Waals surface area contributed by atoms with Crippen molar-refractivity contribution in [3.8, 4) is 5.75 Å². The summed E-state index contributed by atoms with van der Waals surface area (Å²) in [7, 11) is 1.60. The van der Waals surface area contributed by atoms with Gasteiger partial charge in [-0.1, -0.05) is 60.3 Å². The first-order valence-electron chi connectivity index (χ1n) is 10.7. The van der Waals surface area contributed by atoms with Crippen molar-refractivity contribution in [1.82, 2.24) is 0 Å². The van der Waals surface area contributed by atoms with E-state index in [0.29, 0.717) is 10.9 Å². The van der Waals surface area contributed by atoms with Gasteiger partial charge in [-0.25, -0.2) is 4.99 Å². The SMILES string of the molecule is COc1ccc(/C=C2/N=C(SC(C(N)=O)c3ccccc3)N(c3cc(C)cc(C)c3)C2=O)cc1. The molecule has 3 aromatic rings. The zero-order valence-electron chi connectivity index (χ0n) is 19.2. The summed E-state index contributed by atoms with van der Waals surface area (Å²) in [5.74, 6) is -0.0393. The van der Waals surface area contributed by atoms with Crippen LogP contribution in [-0.2, 0) is 9.59 Å². The summed E-state index contributed by atoms with van der Waals surface area (Å²) in [6.45, 7) is 3.95. The number of nitrogens with two attached hydrogens (primary N) is 1. The highest BCUT2D eigenvalue weighted by molar-refractivity contribution is 8.15. The van der Waals surface area contributed by atoms with Gasteiger partial charge in [0.2, 0.25) is 5.91 Å². The smallest absolute Gasteiger partial charge is 0.283 e. The number of amidine groups is 1. The van der Waals surface area contributed by atoms with Crippen LogP contribution in [0, 0.1) is 13.8 Å². The molecule has 0 aromatic heterocycles. The number of hydrogen-bond donors (Lipinski definition) is 1. The number of rotatable bonds is 6. The van der Waals surface area contributed by atoms with Crippen molar-refractivity contribution in [2.75, 3.05) is 12.0 Å². The molecule has 172 valence electrons. The molecule has 0 aliphatic carbocycles. The molecule has 1 unspecified atom stereocenters. The maximum atomic E-state index is 13.5. The van der Waals surface area contributed by atoms with Crippen molar-refractivity contribution in [3.05, 3.63) is 101 Å². The van der Waals surface area contributed by atoms with Crippen LogP contribution >= 0.6 is 11.8 Å². The second-order valence-electron chi connectivity index (χ2n) is 7.99. The molecule has 2 amide bonds. The van der Waals surface area contributed by atoms with Crippen molar-refractivity contribution in [2.45, 2.75) is 19.1 Å². The van der Waals surface area contributed by atoms with Gasteiger partial charge in [-0.15, -0.1) is 0 Å². The molecule has 34 heavy (non-hydrogen) atoms. The van der Waals surface area contributed by atoms with Gasteiger partial charge in [-0.05, 0) is 66.4 Å². The van der Waals surface area contributed by atoms with Gasteiger partial charge in [0, 0.05) is 0 Å². The summed E-state index contributed by atoms with van der Waals surface area (Å²) in [6, 6.07) is 22.5. The van der Waals surface area contributed by atoms with E-state index in [0.717, 1.165) is 28.0 Å². The number of amides is 2. The van der Waals surface area contributed by atoms with Crippen molar-refractivity contribution >= 4 is 40.5 Å². The number of methoxy groups -OCH3 is 1. The molecular weight excluding hydrogens is 446 g/mol. The number of thioether (sulfide) groups is 1. The number of aliphatic imine (C=N–C) groups is 1. The van der Waals surface area contributed by atoms with Crippen LogP contribution in [0.3, 0.4) is 0 Å². The van der Waals surface area contributed by atoms with E-state index in [1.165, 1.54) is 11.8 Å². The zero-order chi connectivity index (χ0) is 24.2. The molecule has 2 N–H and O–H groups in total. The molecule has 7 heteroatoms. The second-order valence-corrected chi connectivity index (χ2v) is 9.07. The normalized spacial score (nSPS) is 15.4. The largest absolute Gasteiger partial charge is 0.497 e. The van der Waals surface area contributed by atoms with Crippen LogP contribution in [0.25, 0.3) is 6.08 Å². The molecule has 1 aliphatic rings. The Morgan fingerprint density at radius 2 is 1.68 bits per heavy atom. The van der Waals surface area contributed by atoms with Gasteiger partial charge in [0.1, 0.15) is 16.7 Å². The molecule has 1 heterocycles. The average Bonchev–Trinajstić information content (AvgIpc) is 3.12. The first-order chi connectivity index (χ1) is 16.4. The van der Waals surface area contributed by atoms with Crippen molar-refractivity contribution in [3.63, 3.8) is 0 Å². The highest BCUT2D eigenvalue weighted by atomic mass is 32.2. The Bertz CT molecular complexity index is 1260. The molecule has 0 fully saturated rings. The molecule has 1 aliphatic heterocycles. The second kappa shape index (κ2) is 9.97. The first kappa shape index (κ1) is 23.3. The highest BCUT2D eigenvalue weighted by Gasteiger charge is 2.35. The van der Waals surface area contributed by atoms with E-state index in [4.69, 9.17) is 10.5 Å². The minimum absolute atomic E-state index is 0.264. The molecule has 0 saturated heterocycles. The lowest BCUT2D eigenvalue weighted by Gasteiger charge is -2.21. The van der Waals surface area contributed by atoms with E-state index in [-0.39, 0.29) is 11.6 Å². The van der Waals surface area contributed by atoms with E-state index >= 15 is 0 Å². The van der Waals surface area contributed by atoms with Gasteiger partial charge >= 0.3 is 0 Å². The highest BCUT2D eigenvalue weighted by Crippen LogP contribution is 2.37. The Kier molecular flexibility index (Phi) is 6.84. The molecule has 0 saturated carbocycles. The van der Waals surface area contributed by atoms with Crippen molar-refractivity contribution in [2.24, 2.45) is 10.7 Å². The summed E-state index contributed by atoms with van der Waals surface area (Å²) in [4.78, 5) is 32.1. The summed E-state index contributed by atoms with van der Waals surface area (Å²) in [6.07, 6.45) is 1.73. The van der Waals surface area contributed by atoms with Crippen molar-refractivity contribution in [1.29, 1.82) is 0 Å². The van der Waals surface area contributed by atoms with Crippen LogP contribution in [0.1, 0.15) is 27.5 Å². The first-order valence-corrected chi connectivity index (χ1v) is 11.6. The fourth-order valence-corrected chi connectivity index (χ4v) is 4.83. The molecule has 3 aromatic carbocycles. The molecule has 1 atom stereocenters. The van der Waals surface area contributed by atoms with Gasteiger partial charge in [-0.2, -0.15) is 0 Å². The van der Waals surface area contributed by atoms with E-state index < -0.39 is 11.2 Å². The Balaban J connectivity index is 1.77. The van der Waals surface area contributed by atoms with Gasteiger partial charge in [0.15, 0.2) is 5.17 Å². The van der Waals surface area contributed by atoms with Crippen LogP contribution in [0.4, 0.5) is 5.69 Å².